The van der Waals surface area contributed by atoms with Crippen molar-refractivity contribution >= 4 is 17.8 Å². The van der Waals surface area contributed by atoms with E-state index >= 15 is 0 Å². The molecule has 0 saturated heterocycles. The van der Waals surface area contributed by atoms with Crippen LogP contribution in [0.5, 0.6) is 0 Å². The molecule has 0 amide bonds. The van der Waals surface area contributed by atoms with Gasteiger partial charge in [0.05, 0.1) is 0 Å². The second-order valence-corrected chi connectivity index (χ2v) is 7.15. The molecule has 0 N–H and O–H groups in total. The topological polar surface area (TPSA) is 17.1 Å². The van der Waals surface area contributed by atoms with Crippen molar-refractivity contribution in [1.82, 2.24) is 0 Å². The van der Waals surface area contributed by atoms with Crippen LogP contribution in [0.15, 0.2) is 48.5 Å². The molecule has 0 bridgehead atoms. The molecule has 0 saturated carbocycles. The third-order valence-corrected chi connectivity index (χ3v) is 6.09. The molecule has 2 rings (SSSR count). The van der Waals surface area contributed by atoms with E-state index in [0.717, 1.165) is 0 Å². The highest BCUT2D eigenvalue weighted by molar-refractivity contribution is 7.78. The van der Waals surface area contributed by atoms with Gasteiger partial charge in [-0.15, -0.1) is 0 Å². The fourth-order valence-electron chi connectivity index (χ4n) is 1.88. The Hall–Kier alpha value is -1.47. The predicted molar refractivity (Wildman–Crippen MR) is 70.2 cm³/mol. The summed E-state index contributed by atoms with van der Waals surface area (Å²) in [6, 6.07) is 11.3. The zero-order valence-electron chi connectivity index (χ0n) is 9.94. The number of hydrogen-bond donors (Lipinski definition) is 0. The highest BCUT2D eigenvalue weighted by Gasteiger charge is 2.24. The molecule has 0 aliphatic heterocycles. The predicted octanol–water partition coefficient (Wildman–Crippen LogP) is 3.30. The molecule has 94 valence electrons. The first-order chi connectivity index (χ1) is 8.56. The van der Waals surface area contributed by atoms with Crippen LogP contribution in [0.4, 0.5) is 8.78 Å². The first kappa shape index (κ1) is 13.0. The maximum absolute atomic E-state index is 13.0. The molecule has 1 nitrogen and oxygen atoms in total. The standard InChI is InChI=1S/C14H13F2OP/c1-2-18(17,13-7-3-11(15)4-8-13)14-9-5-12(16)6-10-14/h3-10H,2H2,1H3. The van der Waals surface area contributed by atoms with E-state index in [4.69, 9.17) is 0 Å². The minimum atomic E-state index is -2.78. The first-order valence-electron chi connectivity index (χ1n) is 5.67. The first-order valence-corrected chi connectivity index (χ1v) is 7.57. The number of hydrogen-bond acceptors (Lipinski definition) is 1. The molecule has 2 aromatic carbocycles. The number of benzene rings is 2. The fraction of sp³-hybridized carbons (Fsp3) is 0.143. The van der Waals surface area contributed by atoms with Gasteiger partial charge in [0.25, 0.3) is 0 Å². The van der Waals surface area contributed by atoms with Gasteiger partial charge in [-0.05, 0) is 48.5 Å². The summed E-state index contributed by atoms with van der Waals surface area (Å²) in [7, 11) is -2.78. The van der Waals surface area contributed by atoms with E-state index in [0.29, 0.717) is 16.8 Å². The molecule has 18 heavy (non-hydrogen) atoms. The van der Waals surface area contributed by atoms with E-state index in [2.05, 4.69) is 0 Å². The van der Waals surface area contributed by atoms with Crippen molar-refractivity contribution in [2.75, 3.05) is 6.16 Å². The smallest absolute Gasteiger partial charge is 0.142 e. The summed E-state index contributed by atoms with van der Waals surface area (Å²) >= 11 is 0. The van der Waals surface area contributed by atoms with Gasteiger partial charge in [0, 0.05) is 16.8 Å². The van der Waals surface area contributed by atoms with Gasteiger partial charge in [0.2, 0.25) is 0 Å². The zero-order valence-corrected chi connectivity index (χ0v) is 10.8. The van der Waals surface area contributed by atoms with Crippen LogP contribution in [0.1, 0.15) is 6.92 Å². The molecule has 2 aromatic rings. The quantitative estimate of drug-likeness (QED) is 0.779. The molecule has 0 heterocycles. The van der Waals surface area contributed by atoms with E-state index in [9.17, 15) is 13.3 Å². The Morgan fingerprint density at radius 1 is 0.833 bits per heavy atom. The highest BCUT2D eigenvalue weighted by atomic mass is 31.2. The molecule has 0 atom stereocenters. The maximum Gasteiger partial charge on any atom is 0.142 e. The van der Waals surface area contributed by atoms with Crippen LogP contribution in [-0.2, 0) is 4.57 Å². The van der Waals surface area contributed by atoms with E-state index in [1.165, 1.54) is 48.5 Å². The lowest BCUT2D eigenvalue weighted by Crippen LogP contribution is -2.17. The zero-order chi connectivity index (χ0) is 13.2. The Morgan fingerprint density at radius 3 is 1.44 bits per heavy atom. The van der Waals surface area contributed by atoms with Crippen molar-refractivity contribution < 1.29 is 13.3 Å². The average molecular weight is 266 g/mol. The molecule has 0 fully saturated rings. The van der Waals surface area contributed by atoms with E-state index in [1.807, 2.05) is 6.92 Å². The van der Waals surface area contributed by atoms with Crippen LogP contribution in [0, 0.1) is 11.6 Å². The van der Waals surface area contributed by atoms with Gasteiger partial charge in [0.15, 0.2) is 0 Å². The Balaban J connectivity index is 2.51. The fourth-order valence-corrected chi connectivity index (χ4v) is 4.17. The lowest BCUT2D eigenvalue weighted by atomic mass is 10.3. The molecule has 0 aromatic heterocycles. The van der Waals surface area contributed by atoms with Gasteiger partial charge in [-0.2, -0.15) is 0 Å². The second kappa shape index (κ2) is 5.03. The number of halogens is 2. The Bertz CT molecular complexity index is 526. The molecule has 4 heteroatoms. The monoisotopic (exact) mass is 266 g/mol. The summed E-state index contributed by atoms with van der Waals surface area (Å²) < 4.78 is 38.8. The Morgan fingerprint density at radius 2 is 1.17 bits per heavy atom. The van der Waals surface area contributed by atoms with E-state index < -0.39 is 7.14 Å². The molecule has 0 aliphatic rings. The minimum Gasteiger partial charge on any atom is -0.314 e. The van der Waals surface area contributed by atoms with Crippen molar-refractivity contribution in [2.24, 2.45) is 0 Å². The lowest BCUT2D eigenvalue weighted by molar-refractivity contribution is 0.587. The molecule has 0 aliphatic carbocycles. The minimum absolute atomic E-state index is 0.361. The van der Waals surface area contributed by atoms with Crippen LogP contribution in [0.25, 0.3) is 0 Å². The van der Waals surface area contributed by atoms with Gasteiger partial charge in [-0.3, -0.25) is 0 Å². The van der Waals surface area contributed by atoms with Crippen LogP contribution in [0.3, 0.4) is 0 Å². The van der Waals surface area contributed by atoms with Gasteiger partial charge in [-0.1, -0.05) is 6.92 Å². The maximum atomic E-state index is 13.0. The largest absolute Gasteiger partial charge is 0.314 e. The molecular formula is C14H13F2OP. The lowest BCUT2D eigenvalue weighted by Gasteiger charge is -2.17. The molecule has 0 unspecified atom stereocenters. The normalized spacial score (nSPS) is 11.5. The summed E-state index contributed by atoms with van der Waals surface area (Å²) in [6.45, 7) is 1.81. The van der Waals surface area contributed by atoms with Crippen molar-refractivity contribution in [3.05, 3.63) is 60.2 Å². The Kier molecular flexibility index (Phi) is 3.63. The van der Waals surface area contributed by atoms with Crippen molar-refractivity contribution in [3.8, 4) is 0 Å². The van der Waals surface area contributed by atoms with Crippen LogP contribution < -0.4 is 10.6 Å². The van der Waals surface area contributed by atoms with E-state index in [1.54, 1.807) is 0 Å². The van der Waals surface area contributed by atoms with Gasteiger partial charge in [-0.25, -0.2) is 8.78 Å². The van der Waals surface area contributed by atoms with Crippen LogP contribution >= 0.6 is 7.14 Å². The highest BCUT2D eigenvalue weighted by Crippen LogP contribution is 2.42. The summed E-state index contributed by atoms with van der Waals surface area (Å²) in [5, 5.41) is 1.19. The van der Waals surface area contributed by atoms with Crippen molar-refractivity contribution in [2.45, 2.75) is 6.92 Å². The van der Waals surface area contributed by atoms with E-state index in [-0.39, 0.29) is 11.6 Å². The van der Waals surface area contributed by atoms with Crippen molar-refractivity contribution in [1.29, 1.82) is 0 Å². The second-order valence-electron chi connectivity index (χ2n) is 4.01. The molecule has 0 radical (unpaired) electrons. The third-order valence-electron chi connectivity index (χ3n) is 2.93. The number of rotatable bonds is 3. The van der Waals surface area contributed by atoms with Crippen LogP contribution in [0.2, 0.25) is 0 Å². The average Bonchev–Trinajstić information content (AvgIpc) is 2.39. The van der Waals surface area contributed by atoms with Gasteiger partial charge >= 0.3 is 0 Å². The molecular weight excluding hydrogens is 253 g/mol. The van der Waals surface area contributed by atoms with Gasteiger partial charge < -0.3 is 4.57 Å². The SMILES string of the molecule is CCP(=O)(c1ccc(F)cc1)c1ccc(F)cc1. The molecule has 0 spiro atoms. The third kappa shape index (κ3) is 2.37. The van der Waals surface area contributed by atoms with Crippen LogP contribution in [-0.4, -0.2) is 6.16 Å². The summed E-state index contributed by atoms with van der Waals surface area (Å²) in [5.74, 6) is -0.721. The summed E-state index contributed by atoms with van der Waals surface area (Å²) in [6.07, 6.45) is 0.421. The summed E-state index contributed by atoms with van der Waals surface area (Å²) in [5.41, 5.74) is 0. The van der Waals surface area contributed by atoms with Gasteiger partial charge in [0.1, 0.15) is 18.8 Å². The Labute approximate surface area is 105 Å². The van der Waals surface area contributed by atoms with Crippen molar-refractivity contribution in [3.63, 3.8) is 0 Å². The summed E-state index contributed by atoms with van der Waals surface area (Å²) in [4.78, 5) is 0.